The number of hydrogen-bond acceptors (Lipinski definition) is 4. The van der Waals surface area contributed by atoms with Crippen LogP contribution in [0.5, 0.6) is 0 Å². The molecule has 0 bridgehead atoms. The summed E-state index contributed by atoms with van der Waals surface area (Å²) >= 11 is 0. The smallest absolute Gasteiger partial charge is 0.227 e. The lowest BCUT2D eigenvalue weighted by molar-refractivity contribution is 0.620. The van der Waals surface area contributed by atoms with Crippen molar-refractivity contribution in [3.8, 4) is 39.8 Å². The van der Waals surface area contributed by atoms with Gasteiger partial charge >= 0.3 is 0 Å². The molecule has 0 saturated heterocycles. The van der Waals surface area contributed by atoms with Crippen LogP contribution in [-0.2, 0) is 7.05 Å². The van der Waals surface area contributed by atoms with Crippen molar-refractivity contribution in [2.75, 3.05) is 0 Å². The third-order valence-corrected chi connectivity index (χ3v) is 7.45. The van der Waals surface area contributed by atoms with Crippen molar-refractivity contribution in [2.45, 2.75) is 0 Å². The van der Waals surface area contributed by atoms with Gasteiger partial charge in [-0.25, -0.2) is 9.97 Å². The van der Waals surface area contributed by atoms with Crippen LogP contribution in [0.15, 0.2) is 126 Å². The zero-order valence-corrected chi connectivity index (χ0v) is 21.7. The topological polar surface area (TPSA) is 61.7 Å². The van der Waals surface area contributed by atoms with E-state index in [1.54, 1.807) is 0 Å². The zero-order valence-electron chi connectivity index (χ0n) is 21.7. The molecular weight excluding hydrogens is 494 g/mol. The number of benzene rings is 4. The molecule has 4 aromatic heterocycles. The highest BCUT2D eigenvalue weighted by molar-refractivity contribution is 6.10. The number of aryl methyl sites for hydroxylation is 1. The van der Waals surface area contributed by atoms with Crippen molar-refractivity contribution < 1.29 is 4.42 Å². The molecule has 8 aromatic rings. The highest BCUT2D eigenvalue weighted by Gasteiger charge is 2.16. The summed E-state index contributed by atoms with van der Waals surface area (Å²) in [6.07, 6.45) is 5.61. The van der Waals surface area contributed by atoms with Crippen LogP contribution in [0.3, 0.4) is 0 Å². The SMILES string of the molecule is Cn1ccnc1-c1ccnc(-c2cccc(-n3c4ccccc4c4ccc(-c5nc6ccccc6o5)cc43)c2)c1. The summed E-state index contributed by atoms with van der Waals surface area (Å²) in [4.78, 5) is 14.0. The Hall–Kier alpha value is -5.49. The molecule has 0 radical (unpaired) electrons. The van der Waals surface area contributed by atoms with Gasteiger partial charge in [-0.1, -0.05) is 48.5 Å². The molecule has 0 aliphatic heterocycles. The number of oxazole rings is 1. The van der Waals surface area contributed by atoms with E-state index in [0.717, 1.165) is 56.0 Å². The van der Waals surface area contributed by atoms with Crippen LogP contribution in [0.1, 0.15) is 0 Å². The van der Waals surface area contributed by atoms with Gasteiger partial charge in [0.1, 0.15) is 11.3 Å². The van der Waals surface area contributed by atoms with E-state index in [-0.39, 0.29) is 0 Å². The Labute approximate surface area is 229 Å². The molecule has 4 aromatic carbocycles. The highest BCUT2D eigenvalue weighted by Crippen LogP contribution is 2.36. The van der Waals surface area contributed by atoms with Gasteiger partial charge in [-0.3, -0.25) is 4.98 Å². The Morgan fingerprint density at radius 3 is 2.42 bits per heavy atom. The average Bonchev–Trinajstić information content (AvgIpc) is 3.72. The van der Waals surface area contributed by atoms with Gasteiger partial charge in [0.05, 0.1) is 16.7 Å². The largest absolute Gasteiger partial charge is 0.436 e. The Morgan fingerprint density at radius 1 is 0.650 bits per heavy atom. The van der Waals surface area contributed by atoms with Gasteiger partial charge in [0, 0.05) is 58.8 Å². The van der Waals surface area contributed by atoms with Crippen LogP contribution >= 0.6 is 0 Å². The molecule has 0 fully saturated rings. The predicted molar refractivity (Wildman–Crippen MR) is 159 cm³/mol. The van der Waals surface area contributed by atoms with Crippen LogP contribution in [0.2, 0.25) is 0 Å². The van der Waals surface area contributed by atoms with Gasteiger partial charge in [0.25, 0.3) is 0 Å². The number of para-hydroxylation sites is 3. The third-order valence-electron chi connectivity index (χ3n) is 7.45. The average molecular weight is 518 g/mol. The number of imidazole rings is 1. The van der Waals surface area contributed by atoms with E-state index in [1.165, 1.54) is 10.8 Å². The fourth-order valence-corrected chi connectivity index (χ4v) is 5.55. The summed E-state index contributed by atoms with van der Waals surface area (Å²) in [5.41, 5.74) is 8.83. The van der Waals surface area contributed by atoms with Gasteiger partial charge < -0.3 is 13.6 Å². The first-order chi connectivity index (χ1) is 19.7. The number of fused-ring (bicyclic) bond motifs is 4. The lowest BCUT2D eigenvalue weighted by Crippen LogP contribution is -1.96. The molecule has 0 aliphatic carbocycles. The van der Waals surface area contributed by atoms with E-state index in [9.17, 15) is 0 Å². The lowest BCUT2D eigenvalue weighted by atomic mass is 10.1. The molecule has 0 spiro atoms. The van der Waals surface area contributed by atoms with Crippen LogP contribution in [-0.4, -0.2) is 24.1 Å². The van der Waals surface area contributed by atoms with Crippen LogP contribution in [0, 0.1) is 0 Å². The zero-order chi connectivity index (χ0) is 26.6. The fourth-order valence-electron chi connectivity index (χ4n) is 5.55. The van der Waals surface area contributed by atoms with Gasteiger partial charge in [0.15, 0.2) is 5.58 Å². The monoisotopic (exact) mass is 517 g/mol. The molecule has 190 valence electrons. The summed E-state index contributed by atoms with van der Waals surface area (Å²) in [6, 6.07) is 35.4. The summed E-state index contributed by atoms with van der Waals surface area (Å²) in [5, 5.41) is 2.37. The Kier molecular flexibility index (Phi) is 4.94. The van der Waals surface area contributed by atoms with Crippen molar-refractivity contribution in [3.05, 3.63) is 122 Å². The number of nitrogens with zero attached hydrogens (tertiary/aromatic N) is 5. The van der Waals surface area contributed by atoms with Gasteiger partial charge in [-0.2, -0.15) is 0 Å². The molecule has 4 heterocycles. The molecule has 0 atom stereocenters. The Morgan fingerprint density at radius 2 is 1.52 bits per heavy atom. The third kappa shape index (κ3) is 3.54. The standard InChI is InChI=1S/C34H23N5O/c1-38-18-17-36-33(38)23-15-16-35-29(20-23)22-7-6-8-25(19-22)39-30-11-4-2-9-26(30)27-14-13-24(21-31(27)39)34-37-28-10-3-5-12-32(28)40-34/h2-21H,1H3. The quantitative estimate of drug-likeness (QED) is 0.237. The van der Waals surface area contributed by atoms with Gasteiger partial charge in [0.2, 0.25) is 5.89 Å². The molecule has 8 rings (SSSR count). The molecular formula is C34H23N5O. The molecule has 0 amide bonds. The Balaban J connectivity index is 1.31. The van der Waals surface area contributed by atoms with E-state index in [4.69, 9.17) is 14.4 Å². The van der Waals surface area contributed by atoms with Crippen LogP contribution in [0.25, 0.3) is 72.7 Å². The molecule has 40 heavy (non-hydrogen) atoms. The van der Waals surface area contributed by atoms with Crippen molar-refractivity contribution >= 4 is 32.9 Å². The second-order valence-electron chi connectivity index (χ2n) is 9.91. The minimum atomic E-state index is 0.615. The first-order valence-corrected chi connectivity index (χ1v) is 13.2. The second kappa shape index (κ2) is 8.78. The number of pyridine rings is 1. The molecule has 0 saturated carbocycles. The molecule has 0 unspecified atom stereocenters. The van der Waals surface area contributed by atoms with Crippen LogP contribution in [0.4, 0.5) is 0 Å². The van der Waals surface area contributed by atoms with Crippen molar-refractivity contribution in [3.63, 3.8) is 0 Å². The summed E-state index contributed by atoms with van der Waals surface area (Å²) in [5.74, 6) is 1.53. The van der Waals surface area contributed by atoms with E-state index in [0.29, 0.717) is 5.89 Å². The molecule has 0 aliphatic rings. The maximum Gasteiger partial charge on any atom is 0.227 e. The van der Waals surface area contributed by atoms with E-state index < -0.39 is 0 Å². The van der Waals surface area contributed by atoms with Gasteiger partial charge in [-0.15, -0.1) is 0 Å². The van der Waals surface area contributed by atoms with Crippen molar-refractivity contribution in [2.24, 2.45) is 7.05 Å². The van der Waals surface area contributed by atoms with E-state index in [1.807, 2.05) is 60.5 Å². The number of aromatic nitrogens is 5. The van der Waals surface area contributed by atoms with E-state index >= 15 is 0 Å². The lowest BCUT2D eigenvalue weighted by Gasteiger charge is -2.11. The summed E-state index contributed by atoms with van der Waals surface area (Å²) < 4.78 is 10.4. The first kappa shape index (κ1) is 22.5. The second-order valence-corrected chi connectivity index (χ2v) is 9.91. The normalized spacial score (nSPS) is 11.6. The Bertz CT molecular complexity index is 2170. The maximum absolute atomic E-state index is 6.11. The summed E-state index contributed by atoms with van der Waals surface area (Å²) in [7, 11) is 2.00. The first-order valence-electron chi connectivity index (χ1n) is 13.2. The minimum absolute atomic E-state index is 0.615. The predicted octanol–water partition coefficient (Wildman–Crippen LogP) is 8.05. The van der Waals surface area contributed by atoms with Gasteiger partial charge in [-0.05, 0) is 54.6 Å². The minimum Gasteiger partial charge on any atom is -0.436 e. The summed E-state index contributed by atoms with van der Waals surface area (Å²) in [6.45, 7) is 0. The number of hydrogen-bond donors (Lipinski definition) is 0. The molecule has 6 heteroatoms. The fraction of sp³-hybridized carbons (Fsp3) is 0.0294. The molecule has 6 nitrogen and oxygen atoms in total. The van der Waals surface area contributed by atoms with Crippen LogP contribution < -0.4 is 0 Å². The van der Waals surface area contributed by atoms with Crippen molar-refractivity contribution in [1.82, 2.24) is 24.1 Å². The number of rotatable bonds is 4. The highest BCUT2D eigenvalue weighted by atomic mass is 16.3. The maximum atomic E-state index is 6.11. The van der Waals surface area contributed by atoms with Crippen molar-refractivity contribution in [1.29, 1.82) is 0 Å². The molecule has 0 N–H and O–H groups in total. The van der Waals surface area contributed by atoms with E-state index in [2.05, 4.69) is 82.3 Å².